The van der Waals surface area contributed by atoms with Gasteiger partial charge in [-0.1, -0.05) is 49.4 Å². The highest BCUT2D eigenvalue weighted by molar-refractivity contribution is 8.18. The lowest BCUT2D eigenvalue weighted by Crippen LogP contribution is -2.35. The van der Waals surface area contributed by atoms with E-state index in [2.05, 4.69) is 24.3 Å². The molecule has 1 saturated heterocycles. The molecule has 37 heavy (non-hydrogen) atoms. The Kier molecular flexibility index (Phi) is 8.50. The Morgan fingerprint density at radius 3 is 2.51 bits per heavy atom. The third-order valence-corrected chi connectivity index (χ3v) is 6.75. The summed E-state index contributed by atoms with van der Waals surface area (Å²) in [6.07, 6.45) is 1.99. The van der Waals surface area contributed by atoms with E-state index < -0.39 is 23.7 Å². The van der Waals surface area contributed by atoms with E-state index in [-0.39, 0.29) is 11.0 Å². The van der Waals surface area contributed by atoms with Gasteiger partial charge in [0.05, 0.1) is 17.6 Å². The number of rotatable bonds is 10. The Balaban J connectivity index is 1.47. The number of fused-ring (bicyclic) bond motifs is 1. The normalized spacial score (nSPS) is 15.3. The fourth-order valence-electron chi connectivity index (χ4n) is 3.75. The Morgan fingerprint density at radius 1 is 0.973 bits per heavy atom. The van der Waals surface area contributed by atoms with Gasteiger partial charge in [0.15, 0.2) is 11.5 Å². The minimum absolute atomic E-state index is 0.230. The van der Waals surface area contributed by atoms with Gasteiger partial charge in [-0.3, -0.25) is 19.3 Å². The summed E-state index contributed by atoms with van der Waals surface area (Å²) in [5.41, 5.74) is 1.71. The Labute approximate surface area is 220 Å². The average Bonchev–Trinajstić information content (AvgIpc) is 3.15. The van der Waals surface area contributed by atoms with Crippen molar-refractivity contribution in [1.29, 1.82) is 0 Å². The van der Waals surface area contributed by atoms with Gasteiger partial charge < -0.3 is 14.2 Å². The number of hydrogen-bond acceptors (Lipinski definition) is 7. The lowest BCUT2D eigenvalue weighted by Gasteiger charge is -2.15. The van der Waals surface area contributed by atoms with Crippen LogP contribution in [0.1, 0.15) is 38.3 Å². The molecule has 0 radical (unpaired) electrons. The number of esters is 1. The molecular formula is C29H29NO6S. The highest BCUT2D eigenvalue weighted by atomic mass is 32.2. The number of imide groups is 1. The van der Waals surface area contributed by atoms with Crippen LogP contribution in [0.3, 0.4) is 0 Å². The second kappa shape index (κ2) is 12.0. The number of benzene rings is 3. The van der Waals surface area contributed by atoms with E-state index in [1.165, 1.54) is 5.39 Å². The molecule has 0 N–H and O–H groups in total. The third-order valence-electron chi connectivity index (χ3n) is 5.84. The first-order valence-electron chi connectivity index (χ1n) is 12.2. The van der Waals surface area contributed by atoms with E-state index in [4.69, 9.17) is 14.2 Å². The van der Waals surface area contributed by atoms with Crippen LogP contribution in [-0.4, -0.2) is 41.3 Å². The maximum Gasteiger partial charge on any atom is 0.326 e. The van der Waals surface area contributed by atoms with Crippen LogP contribution in [0, 0.1) is 0 Å². The Bertz CT molecular complexity index is 1350. The number of carbonyl (C=O) groups is 3. The molecular weight excluding hydrogens is 490 g/mol. The number of hydrogen-bond donors (Lipinski definition) is 0. The van der Waals surface area contributed by atoms with Crippen LogP contribution in [-0.2, 0) is 20.9 Å². The molecule has 1 heterocycles. The molecule has 1 atom stereocenters. The molecule has 8 heteroatoms. The summed E-state index contributed by atoms with van der Waals surface area (Å²) < 4.78 is 17.0. The number of nitrogens with zero attached hydrogens (tertiary/aromatic N) is 1. The standard InChI is InChI=1S/C29H29NO6S/c1-4-19(3)36-27(31)17-30-28(32)26(37-29(30)33)16-20-11-13-24(25(15-20)34-5-2)35-18-21-10-12-22-8-6-7-9-23(22)14-21/h6-16,19H,4-5,17-18H2,1-3H3/b26-16+/t19-/m1/s1. The van der Waals surface area contributed by atoms with Gasteiger partial charge in [-0.2, -0.15) is 0 Å². The van der Waals surface area contributed by atoms with Crippen LogP contribution in [0.25, 0.3) is 16.8 Å². The number of carbonyl (C=O) groups excluding carboxylic acids is 3. The second-order valence-electron chi connectivity index (χ2n) is 8.59. The maximum atomic E-state index is 12.8. The molecule has 1 aliphatic rings. The van der Waals surface area contributed by atoms with Gasteiger partial charge in [0.25, 0.3) is 11.1 Å². The summed E-state index contributed by atoms with van der Waals surface area (Å²) in [6, 6.07) is 19.7. The molecule has 3 aromatic carbocycles. The monoisotopic (exact) mass is 519 g/mol. The van der Waals surface area contributed by atoms with Crippen molar-refractivity contribution in [2.24, 2.45) is 0 Å². The summed E-state index contributed by atoms with van der Waals surface area (Å²) in [6.45, 7) is 5.93. The Hall–Kier alpha value is -3.78. The summed E-state index contributed by atoms with van der Waals surface area (Å²) in [7, 11) is 0. The molecule has 1 fully saturated rings. The molecule has 3 aromatic rings. The molecule has 1 aliphatic heterocycles. The molecule has 4 rings (SSSR count). The first-order valence-corrected chi connectivity index (χ1v) is 13.0. The van der Waals surface area contributed by atoms with E-state index in [1.807, 2.05) is 32.0 Å². The van der Waals surface area contributed by atoms with E-state index in [1.54, 1.807) is 31.2 Å². The second-order valence-corrected chi connectivity index (χ2v) is 9.58. The Morgan fingerprint density at radius 2 is 1.76 bits per heavy atom. The molecule has 0 spiro atoms. The maximum absolute atomic E-state index is 12.8. The largest absolute Gasteiger partial charge is 0.490 e. The molecule has 0 aliphatic carbocycles. The van der Waals surface area contributed by atoms with Gasteiger partial charge in [-0.15, -0.1) is 0 Å². The minimum Gasteiger partial charge on any atom is -0.490 e. The van der Waals surface area contributed by atoms with Crippen LogP contribution in [0.4, 0.5) is 4.79 Å². The zero-order valence-corrected chi connectivity index (χ0v) is 21.9. The molecule has 0 aromatic heterocycles. The van der Waals surface area contributed by atoms with Crippen LogP contribution in [0.2, 0.25) is 0 Å². The van der Waals surface area contributed by atoms with Crippen molar-refractivity contribution in [3.8, 4) is 11.5 Å². The summed E-state index contributed by atoms with van der Waals surface area (Å²) in [5.74, 6) is -0.0170. The molecule has 0 saturated carbocycles. The summed E-state index contributed by atoms with van der Waals surface area (Å²) >= 11 is 0.794. The van der Waals surface area contributed by atoms with Crippen LogP contribution >= 0.6 is 11.8 Å². The molecule has 192 valence electrons. The van der Waals surface area contributed by atoms with E-state index in [0.717, 1.165) is 27.6 Å². The van der Waals surface area contributed by atoms with E-state index in [0.29, 0.717) is 36.7 Å². The highest BCUT2D eigenvalue weighted by Gasteiger charge is 2.36. The highest BCUT2D eigenvalue weighted by Crippen LogP contribution is 2.35. The van der Waals surface area contributed by atoms with Crippen molar-refractivity contribution >= 4 is 45.7 Å². The van der Waals surface area contributed by atoms with Crippen molar-refractivity contribution in [3.05, 3.63) is 76.7 Å². The van der Waals surface area contributed by atoms with Crippen molar-refractivity contribution < 1.29 is 28.6 Å². The molecule has 2 amide bonds. The smallest absolute Gasteiger partial charge is 0.326 e. The molecule has 0 bridgehead atoms. The van der Waals surface area contributed by atoms with Gasteiger partial charge in [-0.25, -0.2) is 0 Å². The number of amides is 2. The predicted molar refractivity (Wildman–Crippen MR) is 144 cm³/mol. The average molecular weight is 520 g/mol. The summed E-state index contributed by atoms with van der Waals surface area (Å²) in [5, 5.41) is 1.81. The van der Waals surface area contributed by atoms with Crippen molar-refractivity contribution in [1.82, 2.24) is 4.90 Å². The predicted octanol–water partition coefficient (Wildman–Crippen LogP) is 6.20. The van der Waals surface area contributed by atoms with Gasteiger partial charge in [0, 0.05) is 0 Å². The first kappa shape index (κ1) is 26.3. The van der Waals surface area contributed by atoms with Crippen molar-refractivity contribution in [2.75, 3.05) is 13.2 Å². The van der Waals surface area contributed by atoms with Gasteiger partial charge in [0.2, 0.25) is 0 Å². The van der Waals surface area contributed by atoms with Gasteiger partial charge in [-0.05, 0) is 78.2 Å². The van der Waals surface area contributed by atoms with Crippen molar-refractivity contribution in [3.63, 3.8) is 0 Å². The van der Waals surface area contributed by atoms with Gasteiger partial charge >= 0.3 is 5.97 Å². The number of ether oxygens (including phenoxy) is 3. The van der Waals surface area contributed by atoms with Crippen LogP contribution < -0.4 is 9.47 Å². The van der Waals surface area contributed by atoms with Gasteiger partial charge in [0.1, 0.15) is 13.2 Å². The number of thioether (sulfide) groups is 1. The lowest BCUT2D eigenvalue weighted by molar-refractivity contribution is -0.150. The molecule has 7 nitrogen and oxygen atoms in total. The summed E-state index contributed by atoms with van der Waals surface area (Å²) in [4.78, 5) is 38.4. The lowest BCUT2D eigenvalue weighted by atomic mass is 10.1. The fraction of sp³-hybridized carbons (Fsp3) is 0.276. The minimum atomic E-state index is -0.607. The zero-order chi connectivity index (χ0) is 26.4. The zero-order valence-electron chi connectivity index (χ0n) is 21.1. The first-order chi connectivity index (χ1) is 17.9. The molecule has 0 unspecified atom stereocenters. The third kappa shape index (κ3) is 6.51. The quantitative estimate of drug-likeness (QED) is 0.233. The van der Waals surface area contributed by atoms with Crippen LogP contribution in [0.5, 0.6) is 11.5 Å². The SMILES string of the molecule is CCOc1cc(/C=C2/SC(=O)N(CC(=O)O[C@H](C)CC)C2=O)ccc1OCc1ccc2ccccc2c1. The van der Waals surface area contributed by atoms with E-state index in [9.17, 15) is 14.4 Å². The van der Waals surface area contributed by atoms with Crippen molar-refractivity contribution in [2.45, 2.75) is 39.9 Å². The topological polar surface area (TPSA) is 82.1 Å². The fourth-order valence-corrected chi connectivity index (χ4v) is 4.59. The van der Waals surface area contributed by atoms with E-state index >= 15 is 0 Å². The van der Waals surface area contributed by atoms with Crippen LogP contribution in [0.15, 0.2) is 65.6 Å².